The Balaban J connectivity index is 1.85. The van der Waals surface area contributed by atoms with Gasteiger partial charge in [0.2, 0.25) is 0 Å². The van der Waals surface area contributed by atoms with Crippen molar-refractivity contribution in [2.45, 2.75) is 39.0 Å². The van der Waals surface area contributed by atoms with E-state index in [9.17, 15) is 5.11 Å². The fourth-order valence-electron chi connectivity index (χ4n) is 2.43. The maximum absolute atomic E-state index is 9.26. The summed E-state index contributed by atoms with van der Waals surface area (Å²) in [5, 5.41) is 13.6. The molecule has 0 amide bonds. The van der Waals surface area contributed by atoms with Crippen LogP contribution in [0.2, 0.25) is 0 Å². The SMILES string of the molecule is Cc1cc(N(Cc2ccsc2)C2CC2)ccc1CO. The molecule has 2 nitrogen and oxygen atoms in total. The molecule has 0 bridgehead atoms. The molecule has 2 aromatic rings. The van der Waals surface area contributed by atoms with Crippen LogP contribution in [0.15, 0.2) is 35.0 Å². The number of aryl methyl sites for hydroxylation is 1. The topological polar surface area (TPSA) is 23.5 Å². The number of aliphatic hydroxyl groups excluding tert-OH is 1. The maximum Gasteiger partial charge on any atom is 0.0684 e. The van der Waals surface area contributed by atoms with Crippen LogP contribution in [0.25, 0.3) is 0 Å². The van der Waals surface area contributed by atoms with Crippen LogP contribution >= 0.6 is 11.3 Å². The van der Waals surface area contributed by atoms with Crippen molar-refractivity contribution >= 4 is 17.0 Å². The first kappa shape index (κ1) is 12.7. The van der Waals surface area contributed by atoms with Gasteiger partial charge in [-0.3, -0.25) is 0 Å². The van der Waals surface area contributed by atoms with Gasteiger partial charge in [-0.15, -0.1) is 0 Å². The van der Waals surface area contributed by atoms with Crippen molar-refractivity contribution in [2.24, 2.45) is 0 Å². The summed E-state index contributed by atoms with van der Waals surface area (Å²) in [7, 11) is 0. The zero-order chi connectivity index (χ0) is 13.2. The number of thiophene rings is 1. The first-order valence-electron chi connectivity index (χ1n) is 6.76. The average Bonchev–Trinajstić information content (AvgIpc) is 3.13. The summed E-state index contributed by atoms with van der Waals surface area (Å²) in [5.41, 5.74) is 4.87. The van der Waals surface area contributed by atoms with E-state index in [1.165, 1.54) is 29.7 Å². The van der Waals surface area contributed by atoms with Gasteiger partial charge in [0.25, 0.3) is 0 Å². The predicted octanol–water partition coefficient (Wildman–Crippen LogP) is 3.72. The molecule has 3 heteroatoms. The molecular formula is C16H19NOS. The third kappa shape index (κ3) is 2.82. The fourth-order valence-corrected chi connectivity index (χ4v) is 3.09. The summed E-state index contributed by atoms with van der Waals surface area (Å²) in [5.74, 6) is 0. The number of rotatable bonds is 5. The van der Waals surface area contributed by atoms with Gasteiger partial charge in [-0.2, -0.15) is 11.3 Å². The molecule has 0 saturated heterocycles. The van der Waals surface area contributed by atoms with Gasteiger partial charge < -0.3 is 10.0 Å². The van der Waals surface area contributed by atoms with Crippen molar-refractivity contribution < 1.29 is 5.11 Å². The van der Waals surface area contributed by atoms with Crippen molar-refractivity contribution in [1.29, 1.82) is 0 Å². The van der Waals surface area contributed by atoms with E-state index in [4.69, 9.17) is 0 Å². The molecule has 100 valence electrons. The summed E-state index contributed by atoms with van der Waals surface area (Å²) >= 11 is 1.76. The molecule has 1 aromatic heterocycles. The highest BCUT2D eigenvalue weighted by molar-refractivity contribution is 7.07. The Bertz CT molecular complexity index is 546. The Morgan fingerprint density at radius 3 is 2.74 bits per heavy atom. The maximum atomic E-state index is 9.26. The number of nitrogens with zero attached hydrogens (tertiary/aromatic N) is 1. The number of hydrogen-bond donors (Lipinski definition) is 1. The van der Waals surface area contributed by atoms with Crippen molar-refractivity contribution in [1.82, 2.24) is 0 Å². The predicted molar refractivity (Wildman–Crippen MR) is 80.6 cm³/mol. The number of anilines is 1. The lowest BCUT2D eigenvalue weighted by molar-refractivity contribution is 0.281. The van der Waals surface area contributed by atoms with Gasteiger partial charge in [-0.1, -0.05) is 6.07 Å². The molecule has 1 aliphatic carbocycles. The minimum absolute atomic E-state index is 0.125. The van der Waals surface area contributed by atoms with Gasteiger partial charge in [0.1, 0.15) is 0 Å². The molecule has 0 unspecified atom stereocenters. The van der Waals surface area contributed by atoms with Gasteiger partial charge in [0, 0.05) is 18.3 Å². The molecule has 1 saturated carbocycles. The molecule has 3 rings (SSSR count). The van der Waals surface area contributed by atoms with Crippen molar-refractivity contribution in [3.8, 4) is 0 Å². The Morgan fingerprint density at radius 2 is 2.16 bits per heavy atom. The molecule has 0 radical (unpaired) electrons. The van der Waals surface area contributed by atoms with Gasteiger partial charge in [-0.25, -0.2) is 0 Å². The van der Waals surface area contributed by atoms with Crippen LogP contribution in [0.3, 0.4) is 0 Å². The molecular weight excluding hydrogens is 254 g/mol. The molecule has 1 fully saturated rings. The van der Waals surface area contributed by atoms with E-state index in [2.05, 4.69) is 40.8 Å². The van der Waals surface area contributed by atoms with Crippen LogP contribution < -0.4 is 4.90 Å². The second kappa shape index (κ2) is 5.35. The third-order valence-electron chi connectivity index (χ3n) is 3.75. The lowest BCUT2D eigenvalue weighted by Crippen LogP contribution is -2.24. The zero-order valence-corrected chi connectivity index (χ0v) is 12.0. The molecule has 0 spiro atoms. The number of hydrogen-bond acceptors (Lipinski definition) is 3. The van der Waals surface area contributed by atoms with Gasteiger partial charge in [-0.05, 0) is 65.4 Å². The molecule has 0 aliphatic heterocycles. The summed E-state index contributed by atoms with van der Waals surface area (Å²) in [6.45, 7) is 3.19. The highest BCUT2D eigenvalue weighted by Gasteiger charge is 2.29. The summed E-state index contributed by atoms with van der Waals surface area (Å²) in [4.78, 5) is 2.50. The number of benzene rings is 1. The van der Waals surface area contributed by atoms with E-state index in [0.717, 1.165) is 12.1 Å². The quantitative estimate of drug-likeness (QED) is 0.897. The van der Waals surface area contributed by atoms with E-state index in [1.807, 2.05) is 6.07 Å². The molecule has 0 atom stereocenters. The van der Waals surface area contributed by atoms with Crippen molar-refractivity contribution in [2.75, 3.05) is 4.90 Å². The normalized spacial score (nSPS) is 14.6. The van der Waals surface area contributed by atoms with Crippen molar-refractivity contribution in [3.63, 3.8) is 0 Å². The second-order valence-corrected chi connectivity index (χ2v) is 6.04. The molecule has 19 heavy (non-hydrogen) atoms. The van der Waals surface area contributed by atoms with Crippen LogP contribution in [-0.2, 0) is 13.2 Å². The zero-order valence-electron chi connectivity index (χ0n) is 11.2. The smallest absolute Gasteiger partial charge is 0.0684 e. The Kier molecular flexibility index (Phi) is 3.58. The average molecular weight is 273 g/mol. The van der Waals surface area contributed by atoms with Crippen LogP contribution in [-0.4, -0.2) is 11.1 Å². The minimum Gasteiger partial charge on any atom is -0.392 e. The lowest BCUT2D eigenvalue weighted by Gasteiger charge is -2.25. The van der Waals surface area contributed by atoms with Gasteiger partial charge in [0.05, 0.1) is 6.61 Å². The summed E-state index contributed by atoms with van der Waals surface area (Å²) in [6, 6.07) is 9.29. The molecule has 1 N–H and O–H groups in total. The van der Waals surface area contributed by atoms with Gasteiger partial charge in [0.15, 0.2) is 0 Å². The first-order valence-corrected chi connectivity index (χ1v) is 7.70. The second-order valence-electron chi connectivity index (χ2n) is 5.26. The lowest BCUT2D eigenvalue weighted by atomic mass is 10.1. The van der Waals surface area contributed by atoms with E-state index in [-0.39, 0.29) is 6.61 Å². The largest absolute Gasteiger partial charge is 0.392 e. The molecule has 1 aromatic carbocycles. The van der Waals surface area contributed by atoms with Crippen LogP contribution in [0, 0.1) is 6.92 Å². The number of aliphatic hydroxyl groups is 1. The molecule has 1 heterocycles. The fraction of sp³-hybridized carbons (Fsp3) is 0.375. The highest BCUT2D eigenvalue weighted by Crippen LogP contribution is 2.34. The van der Waals surface area contributed by atoms with E-state index in [0.29, 0.717) is 6.04 Å². The Morgan fingerprint density at radius 1 is 1.32 bits per heavy atom. The first-order chi connectivity index (χ1) is 9.28. The Labute approximate surface area is 118 Å². The minimum atomic E-state index is 0.125. The van der Waals surface area contributed by atoms with Crippen LogP contribution in [0.1, 0.15) is 29.5 Å². The molecule has 1 aliphatic rings. The summed E-state index contributed by atoms with van der Waals surface area (Å²) < 4.78 is 0. The monoisotopic (exact) mass is 273 g/mol. The van der Waals surface area contributed by atoms with Crippen molar-refractivity contribution in [3.05, 3.63) is 51.7 Å². The van der Waals surface area contributed by atoms with Crippen LogP contribution in [0.4, 0.5) is 5.69 Å². The van der Waals surface area contributed by atoms with E-state index in [1.54, 1.807) is 11.3 Å². The van der Waals surface area contributed by atoms with E-state index < -0.39 is 0 Å². The summed E-state index contributed by atoms with van der Waals surface area (Å²) in [6.07, 6.45) is 2.59. The Hall–Kier alpha value is -1.32. The van der Waals surface area contributed by atoms with E-state index >= 15 is 0 Å². The van der Waals surface area contributed by atoms with Crippen LogP contribution in [0.5, 0.6) is 0 Å². The van der Waals surface area contributed by atoms with Gasteiger partial charge >= 0.3 is 0 Å². The highest BCUT2D eigenvalue weighted by atomic mass is 32.1. The third-order valence-corrected chi connectivity index (χ3v) is 4.48. The standard InChI is InChI=1S/C16H19NOS/c1-12-8-16(3-2-14(12)10-18)17(15-4-5-15)9-13-6-7-19-11-13/h2-3,6-8,11,15,18H,4-5,9-10H2,1H3.